The maximum absolute atomic E-state index is 5.80. The highest BCUT2D eigenvalue weighted by atomic mass is 16.5. The topological polar surface area (TPSA) is 44.5 Å². The number of ether oxygens (including phenoxy) is 2. The molecule has 0 aliphatic heterocycles. The Kier molecular flexibility index (Phi) is 4.77. The second-order valence-corrected chi connectivity index (χ2v) is 6.41. The summed E-state index contributed by atoms with van der Waals surface area (Å²) in [5, 5.41) is 0. The SMILES string of the molecule is COc1cc(CN)cc(-c2ccc(C(C)(C)C)cc2)c1OC. The molecule has 0 bridgehead atoms. The van der Waals surface area contributed by atoms with Gasteiger partial charge in [0.25, 0.3) is 0 Å². The van der Waals surface area contributed by atoms with Crippen LogP contribution in [0.15, 0.2) is 36.4 Å². The lowest BCUT2D eigenvalue weighted by Crippen LogP contribution is -2.10. The predicted molar refractivity (Wildman–Crippen MR) is 91.6 cm³/mol. The van der Waals surface area contributed by atoms with E-state index in [-0.39, 0.29) is 5.41 Å². The van der Waals surface area contributed by atoms with E-state index in [0.717, 1.165) is 22.4 Å². The maximum atomic E-state index is 5.80. The molecule has 0 aliphatic carbocycles. The van der Waals surface area contributed by atoms with Crippen LogP contribution in [0.2, 0.25) is 0 Å². The molecule has 2 aromatic carbocycles. The van der Waals surface area contributed by atoms with Crippen LogP contribution in [0.4, 0.5) is 0 Å². The van der Waals surface area contributed by atoms with Gasteiger partial charge in [-0.25, -0.2) is 0 Å². The first-order valence-corrected chi connectivity index (χ1v) is 7.46. The van der Waals surface area contributed by atoms with Crippen LogP contribution in [0.5, 0.6) is 11.5 Å². The van der Waals surface area contributed by atoms with Crippen LogP contribution in [0, 0.1) is 0 Å². The lowest BCUT2D eigenvalue weighted by Gasteiger charge is -2.20. The number of benzene rings is 2. The Labute approximate surface area is 133 Å². The summed E-state index contributed by atoms with van der Waals surface area (Å²) in [5.41, 5.74) is 10.4. The van der Waals surface area contributed by atoms with E-state index in [1.807, 2.05) is 6.07 Å². The second kappa shape index (κ2) is 6.41. The summed E-state index contributed by atoms with van der Waals surface area (Å²) in [7, 11) is 3.30. The number of hydrogen-bond donors (Lipinski definition) is 1. The number of hydrogen-bond acceptors (Lipinski definition) is 3. The van der Waals surface area contributed by atoms with E-state index in [1.165, 1.54) is 5.56 Å². The lowest BCUT2D eigenvalue weighted by molar-refractivity contribution is 0.355. The van der Waals surface area contributed by atoms with E-state index >= 15 is 0 Å². The van der Waals surface area contributed by atoms with Gasteiger partial charge in [-0.3, -0.25) is 0 Å². The smallest absolute Gasteiger partial charge is 0.168 e. The van der Waals surface area contributed by atoms with Crippen LogP contribution >= 0.6 is 0 Å². The molecule has 118 valence electrons. The molecule has 0 heterocycles. The van der Waals surface area contributed by atoms with Crippen LogP contribution in [0.25, 0.3) is 11.1 Å². The van der Waals surface area contributed by atoms with Gasteiger partial charge in [-0.15, -0.1) is 0 Å². The van der Waals surface area contributed by atoms with E-state index in [0.29, 0.717) is 12.3 Å². The molecule has 0 aliphatic rings. The van der Waals surface area contributed by atoms with Crippen molar-refractivity contribution in [2.24, 2.45) is 5.73 Å². The van der Waals surface area contributed by atoms with Crippen molar-refractivity contribution in [3.63, 3.8) is 0 Å². The number of rotatable bonds is 4. The van der Waals surface area contributed by atoms with Gasteiger partial charge < -0.3 is 15.2 Å². The Hall–Kier alpha value is -2.00. The van der Waals surface area contributed by atoms with Crippen molar-refractivity contribution in [3.05, 3.63) is 47.5 Å². The standard InChI is InChI=1S/C19H25NO2/c1-19(2,3)15-8-6-14(7-9-15)16-10-13(12-20)11-17(21-4)18(16)22-5/h6-11H,12,20H2,1-5H3. The van der Waals surface area contributed by atoms with Gasteiger partial charge in [0.15, 0.2) is 11.5 Å². The Balaban J connectivity index is 2.55. The van der Waals surface area contributed by atoms with Crippen molar-refractivity contribution < 1.29 is 9.47 Å². The van der Waals surface area contributed by atoms with E-state index in [9.17, 15) is 0 Å². The van der Waals surface area contributed by atoms with Gasteiger partial charge in [0.2, 0.25) is 0 Å². The first-order valence-electron chi connectivity index (χ1n) is 7.46. The Bertz CT molecular complexity index is 640. The molecule has 3 heteroatoms. The van der Waals surface area contributed by atoms with Gasteiger partial charge in [-0.2, -0.15) is 0 Å². The molecule has 0 atom stereocenters. The molecule has 2 aromatic rings. The fourth-order valence-corrected chi connectivity index (χ4v) is 2.50. The summed E-state index contributed by atoms with van der Waals surface area (Å²) in [6.07, 6.45) is 0. The summed E-state index contributed by atoms with van der Waals surface area (Å²) in [6.45, 7) is 7.09. The minimum absolute atomic E-state index is 0.138. The third-order valence-corrected chi connectivity index (χ3v) is 3.84. The molecule has 22 heavy (non-hydrogen) atoms. The number of nitrogens with two attached hydrogens (primary N) is 1. The predicted octanol–water partition coefficient (Wildman–Crippen LogP) is 4.13. The van der Waals surface area contributed by atoms with Crippen molar-refractivity contribution in [3.8, 4) is 22.6 Å². The molecule has 2 N–H and O–H groups in total. The molecule has 0 spiro atoms. The Morgan fingerprint density at radius 3 is 2.05 bits per heavy atom. The molecule has 0 saturated heterocycles. The molecule has 2 rings (SSSR count). The normalized spacial score (nSPS) is 11.4. The number of methoxy groups -OCH3 is 2. The summed E-state index contributed by atoms with van der Waals surface area (Å²) in [6, 6.07) is 12.6. The van der Waals surface area contributed by atoms with Crippen molar-refractivity contribution in [2.45, 2.75) is 32.7 Å². The summed E-state index contributed by atoms with van der Waals surface area (Å²) < 4.78 is 11.0. The van der Waals surface area contributed by atoms with Crippen molar-refractivity contribution in [2.75, 3.05) is 14.2 Å². The van der Waals surface area contributed by atoms with Crippen molar-refractivity contribution in [1.82, 2.24) is 0 Å². The highest BCUT2D eigenvalue weighted by molar-refractivity contribution is 5.75. The average Bonchev–Trinajstić information content (AvgIpc) is 2.52. The monoisotopic (exact) mass is 299 g/mol. The zero-order chi connectivity index (χ0) is 16.3. The second-order valence-electron chi connectivity index (χ2n) is 6.41. The van der Waals surface area contributed by atoms with Crippen LogP contribution in [0.3, 0.4) is 0 Å². The molecule has 0 fully saturated rings. The Morgan fingerprint density at radius 2 is 1.59 bits per heavy atom. The molecule has 0 unspecified atom stereocenters. The van der Waals surface area contributed by atoms with Gasteiger partial charge in [0.1, 0.15) is 0 Å². The highest BCUT2D eigenvalue weighted by Gasteiger charge is 2.16. The summed E-state index contributed by atoms with van der Waals surface area (Å²) >= 11 is 0. The van der Waals surface area contributed by atoms with E-state index in [2.05, 4.69) is 51.1 Å². The van der Waals surface area contributed by atoms with Crippen molar-refractivity contribution in [1.29, 1.82) is 0 Å². The molecular formula is C19H25NO2. The molecule has 3 nitrogen and oxygen atoms in total. The van der Waals surface area contributed by atoms with Crippen molar-refractivity contribution >= 4 is 0 Å². The van der Waals surface area contributed by atoms with Crippen LogP contribution in [-0.2, 0) is 12.0 Å². The largest absolute Gasteiger partial charge is 0.493 e. The van der Waals surface area contributed by atoms with Gasteiger partial charge in [-0.05, 0) is 34.2 Å². The van der Waals surface area contributed by atoms with E-state index < -0.39 is 0 Å². The van der Waals surface area contributed by atoms with Gasteiger partial charge in [0, 0.05) is 12.1 Å². The first-order chi connectivity index (χ1) is 10.4. The molecule has 0 radical (unpaired) electrons. The zero-order valence-electron chi connectivity index (χ0n) is 14.1. The summed E-state index contributed by atoms with van der Waals surface area (Å²) in [5.74, 6) is 1.45. The minimum atomic E-state index is 0.138. The highest BCUT2D eigenvalue weighted by Crippen LogP contribution is 2.39. The van der Waals surface area contributed by atoms with E-state index in [4.69, 9.17) is 15.2 Å². The van der Waals surface area contributed by atoms with Crippen LogP contribution in [0.1, 0.15) is 31.9 Å². The first kappa shape index (κ1) is 16.4. The average molecular weight is 299 g/mol. The zero-order valence-corrected chi connectivity index (χ0v) is 14.1. The molecule has 0 aromatic heterocycles. The molecule has 0 saturated carbocycles. The lowest BCUT2D eigenvalue weighted by atomic mass is 9.86. The van der Waals surface area contributed by atoms with Gasteiger partial charge >= 0.3 is 0 Å². The maximum Gasteiger partial charge on any atom is 0.168 e. The Morgan fingerprint density at radius 1 is 0.955 bits per heavy atom. The summed E-state index contributed by atoms with van der Waals surface area (Å²) in [4.78, 5) is 0. The quantitative estimate of drug-likeness (QED) is 0.923. The minimum Gasteiger partial charge on any atom is -0.493 e. The third-order valence-electron chi connectivity index (χ3n) is 3.84. The van der Waals surface area contributed by atoms with Gasteiger partial charge in [0.05, 0.1) is 14.2 Å². The van der Waals surface area contributed by atoms with Crippen LogP contribution < -0.4 is 15.2 Å². The fraction of sp³-hybridized carbons (Fsp3) is 0.368. The molecular weight excluding hydrogens is 274 g/mol. The van der Waals surface area contributed by atoms with Crippen LogP contribution in [-0.4, -0.2) is 14.2 Å². The molecule has 0 amide bonds. The fourth-order valence-electron chi connectivity index (χ4n) is 2.50. The van der Waals surface area contributed by atoms with E-state index in [1.54, 1.807) is 14.2 Å². The van der Waals surface area contributed by atoms with Gasteiger partial charge in [-0.1, -0.05) is 45.0 Å². The third kappa shape index (κ3) is 3.25.